The van der Waals surface area contributed by atoms with Gasteiger partial charge in [0.15, 0.2) is 0 Å². The third kappa shape index (κ3) is 4.95. The average Bonchev–Trinajstić information content (AvgIpc) is 2.78. The molecule has 0 saturated carbocycles. The van der Waals surface area contributed by atoms with Crippen molar-refractivity contribution in [1.29, 1.82) is 5.26 Å². The standard InChI is InChI=1S/C22H24F3N5O2/c23-22(24,25)16-10-17(28-20(31)14-29-6-8-32-9-7-29)13-30(12-16)19-4-3-15(11-26)21-18(19)2-1-5-27-21/h1-5,16-17H,6-10,12-14H2,(H,28,31). The molecule has 2 aromatic rings. The van der Waals surface area contributed by atoms with Crippen LogP contribution in [0.25, 0.3) is 10.9 Å². The maximum Gasteiger partial charge on any atom is 0.393 e. The first kappa shape index (κ1) is 22.3. The van der Waals surface area contributed by atoms with E-state index < -0.39 is 18.1 Å². The molecule has 2 aliphatic rings. The van der Waals surface area contributed by atoms with Crippen molar-refractivity contribution in [1.82, 2.24) is 15.2 Å². The number of carbonyl (C=O) groups excluding carboxylic acids is 1. The van der Waals surface area contributed by atoms with Gasteiger partial charge in [-0.3, -0.25) is 14.7 Å². The van der Waals surface area contributed by atoms with Crippen molar-refractivity contribution in [2.75, 3.05) is 50.8 Å². The molecule has 4 rings (SSSR count). The predicted molar refractivity (Wildman–Crippen MR) is 112 cm³/mol. The Morgan fingerprint density at radius 1 is 1.25 bits per heavy atom. The van der Waals surface area contributed by atoms with Gasteiger partial charge < -0.3 is 15.0 Å². The van der Waals surface area contributed by atoms with E-state index in [0.29, 0.717) is 48.5 Å². The minimum Gasteiger partial charge on any atom is -0.379 e. The van der Waals surface area contributed by atoms with Gasteiger partial charge in [0.05, 0.1) is 36.8 Å². The third-order valence-corrected chi connectivity index (χ3v) is 5.96. The van der Waals surface area contributed by atoms with E-state index in [1.165, 1.54) is 0 Å². The number of fused-ring (bicyclic) bond motifs is 1. The Morgan fingerprint density at radius 3 is 2.75 bits per heavy atom. The number of pyridine rings is 1. The topological polar surface area (TPSA) is 81.5 Å². The van der Waals surface area contributed by atoms with Crippen LogP contribution in [0.1, 0.15) is 12.0 Å². The first-order valence-corrected chi connectivity index (χ1v) is 10.5. The number of aromatic nitrogens is 1. The summed E-state index contributed by atoms with van der Waals surface area (Å²) in [7, 11) is 0. The number of hydrogen-bond acceptors (Lipinski definition) is 6. The number of piperidine rings is 1. The van der Waals surface area contributed by atoms with E-state index in [1.54, 1.807) is 35.4 Å². The smallest absolute Gasteiger partial charge is 0.379 e. The highest BCUT2D eigenvalue weighted by Gasteiger charge is 2.45. The van der Waals surface area contributed by atoms with Gasteiger partial charge >= 0.3 is 6.18 Å². The minimum absolute atomic E-state index is 0.139. The maximum atomic E-state index is 13.7. The summed E-state index contributed by atoms with van der Waals surface area (Å²) in [5, 5.41) is 12.8. The van der Waals surface area contributed by atoms with Crippen LogP contribution in [0, 0.1) is 17.2 Å². The number of alkyl halides is 3. The van der Waals surface area contributed by atoms with Crippen molar-refractivity contribution in [2.45, 2.75) is 18.6 Å². The zero-order valence-electron chi connectivity index (χ0n) is 17.4. The lowest BCUT2D eigenvalue weighted by molar-refractivity contribution is -0.178. The fraction of sp³-hybridized carbons (Fsp3) is 0.500. The molecule has 10 heteroatoms. The molecule has 2 unspecified atom stereocenters. The summed E-state index contributed by atoms with van der Waals surface area (Å²) in [6.45, 7) is 2.51. The van der Waals surface area contributed by atoms with Gasteiger partial charge in [0.2, 0.25) is 5.91 Å². The van der Waals surface area contributed by atoms with Crippen LogP contribution >= 0.6 is 0 Å². The lowest BCUT2D eigenvalue weighted by Gasteiger charge is -2.40. The molecular weight excluding hydrogens is 423 g/mol. The predicted octanol–water partition coefficient (Wildman–Crippen LogP) is 2.31. The fourth-order valence-corrected chi connectivity index (χ4v) is 4.40. The van der Waals surface area contributed by atoms with E-state index in [1.807, 2.05) is 4.90 Å². The third-order valence-electron chi connectivity index (χ3n) is 5.96. The minimum atomic E-state index is -4.38. The first-order chi connectivity index (χ1) is 15.3. The molecule has 2 aliphatic heterocycles. The molecule has 2 atom stereocenters. The molecule has 7 nitrogen and oxygen atoms in total. The summed E-state index contributed by atoms with van der Waals surface area (Å²) in [6, 6.07) is 8.11. The van der Waals surface area contributed by atoms with Gasteiger partial charge in [0.25, 0.3) is 0 Å². The summed E-state index contributed by atoms with van der Waals surface area (Å²) < 4.78 is 46.5. The number of amides is 1. The van der Waals surface area contributed by atoms with E-state index in [9.17, 15) is 23.2 Å². The number of halogens is 3. The summed E-state index contributed by atoms with van der Waals surface area (Å²) in [5.74, 6) is -1.86. The maximum absolute atomic E-state index is 13.7. The highest BCUT2D eigenvalue weighted by molar-refractivity contribution is 5.95. The van der Waals surface area contributed by atoms with Crippen molar-refractivity contribution in [3.63, 3.8) is 0 Å². The number of benzene rings is 1. The number of rotatable bonds is 4. The van der Waals surface area contributed by atoms with Crippen molar-refractivity contribution in [3.05, 3.63) is 36.0 Å². The molecule has 0 spiro atoms. The van der Waals surface area contributed by atoms with Crippen LogP contribution in [0.3, 0.4) is 0 Å². The Bertz CT molecular complexity index is 1020. The number of hydrogen-bond donors (Lipinski definition) is 1. The van der Waals surface area contributed by atoms with E-state index >= 15 is 0 Å². The molecule has 0 bridgehead atoms. The summed E-state index contributed by atoms with van der Waals surface area (Å²) in [6.07, 6.45) is -3.00. The number of nitrogens with one attached hydrogen (secondary N) is 1. The van der Waals surface area contributed by atoms with Gasteiger partial charge in [-0.15, -0.1) is 0 Å². The Morgan fingerprint density at radius 2 is 2.03 bits per heavy atom. The normalized spacial score (nSPS) is 22.5. The number of anilines is 1. The molecule has 0 radical (unpaired) electrons. The van der Waals surface area contributed by atoms with Crippen molar-refractivity contribution < 1.29 is 22.7 Å². The molecule has 1 aromatic carbocycles. The Kier molecular flexibility index (Phi) is 6.48. The fourth-order valence-electron chi connectivity index (χ4n) is 4.40. The highest BCUT2D eigenvalue weighted by atomic mass is 19.4. The van der Waals surface area contributed by atoms with Gasteiger partial charge in [-0.25, -0.2) is 0 Å². The van der Waals surface area contributed by atoms with Gasteiger partial charge in [0, 0.05) is 49.5 Å². The molecule has 0 aliphatic carbocycles. The number of nitrogens with zero attached hydrogens (tertiary/aromatic N) is 4. The zero-order valence-corrected chi connectivity index (χ0v) is 17.4. The van der Waals surface area contributed by atoms with E-state index in [4.69, 9.17) is 4.74 Å². The van der Waals surface area contributed by atoms with Gasteiger partial charge in [-0.2, -0.15) is 18.4 Å². The summed E-state index contributed by atoms with van der Waals surface area (Å²) >= 11 is 0. The number of morpholine rings is 1. The Labute approximate surface area is 183 Å². The lowest BCUT2D eigenvalue weighted by Crippen LogP contribution is -2.55. The molecule has 2 fully saturated rings. The van der Waals surface area contributed by atoms with E-state index in [0.717, 1.165) is 0 Å². The van der Waals surface area contributed by atoms with Crippen LogP contribution in [0.15, 0.2) is 30.5 Å². The van der Waals surface area contributed by atoms with Gasteiger partial charge in [-0.1, -0.05) is 0 Å². The van der Waals surface area contributed by atoms with E-state index in [2.05, 4.69) is 16.4 Å². The van der Waals surface area contributed by atoms with Crippen LogP contribution in [-0.2, 0) is 9.53 Å². The quantitative estimate of drug-likeness (QED) is 0.775. The molecule has 1 amide bonds. The Balaban J connectivity index is 1.56. The Hall–Kier alpha value is -2.90. The largest absolute Gasteiger partial charge is 0.393 e. The molecule has 2 saturated heterocycles. The van der Waals surface area contributed by atoms with Crippen LogP contribution in [0.4, 0.5) is 18.9 Å². The number of nitriles is 1. The van der Waals surface area contributed by atoms with Crippen LogP contribution in [0.5, 0.6) is 0 Å². The van der Waals surface area contributed by atoms with Gasteiger partial charge in [-0.05, 0) is 30.7 Å². The molecule has 32 heavy (non-hydrogen) atoms. The molecule has 3 heterocycles. The second kappa shape index (κ2) is 9.30. The van der Waals surface area contributed by atoms with Crippen LogP contribution in [-0.4, -0.2) is 73.9 Å². The second-order valence-electron chi connectivity index (χ2n) is 8.18. The zero-order chi connectivity index (χ0) is 22.7. The average molecular weight is 447 g/mol. The van der Waals surface area contributed by atoms with Gasteiger partial charge in [0.1, 0.15) is 6.07 Å². The lowest BCUT2D eigenvalue weighted by atomic mass is 9.92. The van der Waals surface area contributed by atoms with Crippen molar-refractivity contribution in [2.24, 2.45) is 5.92 Å². The van der Waals surface area contributed by atoms with Crippen molar-refractivity contribution in [3.8, 4) is 6.07 Å². The van der Waals surface area contributed by atoms with Crippen LogP contribution in [0.2, 0.25) is 0 Å². The SMILES string of the molecule is N#Cc1ccc(N2CC(NC(=O)CN3CCOCC3)CC(C(F)(F)F)C2)c2cccnc12. The monoisotopic (exact) mass is 447 g/mol. The molecule has 1 aromatic heterocycles. The summed E-state index contributed by atoms with van der Waals surface area (Å²) in [4.78, 5) is 20.4. The first-order valence-electron chi connectivity index (χ1n) is 10.5. The van der Waals surface area contributed by atoms with Crippen LogP contribution < -0.4 is 10.2 Å². The molecule has 1 N–H and O–H groups in total. The second-order valence-corrected chi connectivity index (χ2v) is 8.18. The molecule has 170 valence electrons. The van der Waals surface area contributed by atoms with Crippen molar-refractivity contribution >= 4 is 22.5 Å². The number of carbonyl (C=O) groups is 1. The number of ether oxygens (including phenoxy) is 1. The van der Waals surface area contributed by atoms with E-state index in [-0.39, 0.29) is 32.0 Å². The summed E-state index contributed by atoms with van der Waals surface area (Å²) in [5.41, 5.74) is 1.40. The molecular formula is C22H24F3N5O2. The highest BCUT2D eigenvalue weighted by Crippen LogP contribution is 2.37.